The minimum atomic E-state index is -3.56. The van der Waals surface area contributed by atoms with Crippen molar-refractivity contribution in [2.75, 3.05) is 21.2 Å². The lowest BCUT2D eigenvalue weighted by Crippen LogP contribution is -2.22. The average Bonchev–Trinajstić information content (AvgIpc) is 2.96. The zero-order valence-corrected chi connectivity index (χ0v) is 14.1. The number of aromatic amines is 2. The summed E-state index contributed by atoms with van der Waals surface area (Å²) in [4.78, 5) is 21.5. The number of rotatable bonds is 4. The first-order chi connectivity index (χ1) is 11.3. The Kier molecular flexibility index (Phi) is 3.90. The van der Waals surface area contributed by atoms with Crippen LogP contribution in [0.1, 0.15) is 0 Å². The Bertz CT molecular complexity index is 1070. The number of nitrogens with zero attached hydrogens (tertiary/aromatic N) is 2. The first-order valence-corrected chi connectivity index (χ1v) is 8.47. The summed E-state index contributed by atoms with van der Waals surface area (Å²) in [7, 11) is 0.818. The SMILES string of the molecule is COc1cc(S(=O)(=O)N(C)C)ccc1-c1nc2[nH]c(=O)ccc2[nH]1. The van der Waals surface area contributed by atoms with Gasteiger partial charge in [-0.1, -0.05) is 0 Å². The van der Waals surface area contributed by atoms with E-state index in [0.717, 1.165) is 4.31 Å². The van der Waals surface area contributed by atoms with Crippen molar-refractivity contribution in [3.8, 4) is 17.1 Å². The van der Waals surface area contributed by atoms with Gasteiger partial charge in [-0.2, -0.15) is 0 Å². The van der Waals surface area contributed by atoms with Crippen molar-refractivity contribution in [2.24, 2.45) is 0 Å². The summed E-state index contributed by atoms with van der Waals surface area (Å²) < 4.78 is 30.9. The molecule has 8 nitrogen and oxygen atoms in total. The van der Waals surface area contributed by atoms with Gasteiger partial charge in [-0.25, -0.2) is 17.7 Å². The number of ether oxygens (including phenoxy) is 1. The molecule has 24 heavy (non-hydrogen) atoms. The van der Waals surface area contributed by atoms with E-state index in [-0.39, 0.29) is 10.5 Å². The van der Waals surface area contributed by atoms with Crippen molar-refractivity contribution < 1.29 is 13.2 Å². The molecule has 3 aromatic rings. The fraction of sp³-hybridized carbons (Fsp3) is 0.200. The third-order valence-electron chi connectivity index (χ3n) is 3.58. The predicted molar refractivity (Wildman–Crippen MR) is 89.6 cm³/mol. The van der Waals surface area contributed by atoms with E-state index in [4.69, 9.17) is 4.74 Å². The van der Waals surface area contributed by atoms with E-state index in [1.54, 1.807) is 12.1 Å². The van der Waals surface area contributed by atoms with Crippen LogP contribution in [0.3, 0.4) is 0 Å². The highest BCUT2D eigenvalue weighted by molar-refractivity contribution is 7.89. The molecular formula is C15H16N4O4S. The molecule has 0 saturated heterocycles. The van der Waals surface area contributed by atoms with Gasteiger partial charge in [-0.15, -0.1) is 0 Å². The third-order valence-corrected chi connectivity index (χ3v) is 5.39. The molecule has 0 atom stereocenters. The number of benzene rings is 1. The smallest absolute Gasteiger partial charge is 0.249 e. The molecule has 0 aliphatic heterocycles. The molecule has 0 aliphatic carbocycles. The maximum Gasteiger partial charge on any atom is 0.249 e. The highest BCUT2D eigenvalue weighted by atomic mass is 32.2. The normalized spacial score (nSPS) is 12.0. The lowest BCUT2D eigenvalue weighted by atomic mass is 10.2. The molecule has 0 amide bonds. The van der Waals surface area contributed by atoms with Crippen LogP contribution in [0.4, 0.5) is 0 Å². The van der Waals surface area contributed by atoms with Gasteiger partial charge in [0.05, 0.1) is 23.1 Å². The van der Waals surface area contributed by atoms with Crippen molar-refractivity contribution in [1.29, 1.82) is 0 Å². The van der Waals surface area contributed by atoms with Crippen LogP contribution < -0.4 is 10.3 Å². The molecule has 2 aromatic heterocycles. The summed E-state index contributed by atoms with van der Waals surface area (Å²) in [5, 5.41) is 0. The molecule has 2 N–H and O–H groups in total. The summed E-state index contributed by atoms with van der Waals surface area (Å²) in [5.74, 6) is 0.830. The van der Waals surface area contributed by atoms with Gasteiger partial charge in [0.15, 0.2) is 5.65 Å². The summed E-state index contributed by atoms with van der Waals surface area (Å²) in [5.41, 5.74) is 1.42. The highest BCUT2D eigenvalue weighted by Gasteiger charge is 2.20. The molecule has 1 aromatic carbocycles. The molecule has 0 unspecified atom stereocenters. The maximum absolute atomic E-state index is 12.2. The van der Waals surface area contributed by atoms with Crippen LogP contribution in [0.15, 0.2) is 40.0 Å². The van der Waals surface area contributed by atoms with Crippen LogP contribution in [-0.4, -0.2) is 48.9 Å². The lowest BCUT2D eigenvalue weighted by Gasteiger charge is -2.13. The third kappa shape index (κ3) is 2.68. The fourth-order valence-electron chi connectivity index (χ4n) is 2.29. The van der Waals surface area contributed by atoms with Gasteiger partial charge >= 0.3 is 0 Å². The highest BCUT2D eigenvalue weighted by Crippen LogP contribution is 2.31. The zero-order chi connectivity index (χ0) is 17.5. The second-order valence-electron chi connectivity index (χ2n) is 5.32. The molecule has 0 bridgehead atoms. The van der Waals surface area contributed by atoms with E-state index in [0.29, 0.717) is 28.3 Å². The molecule has 0 aliphatic rings. The maximum atomic E-state index is 12.2. The molecule has 3 rings (SSSR count). The lowest BCUT2D eigenvalue weighted by molar-refractivity contribution is 0.414. The Labute approximate surface area is 138 Å². The van der Waals surface area contributed by atoms with Crippen LogP contribution in [0.25, 0.3) is 22.6 Å². The largest absolute Gasteiger partial charge is 0.496 e. The molecule has 0 fully saturated rings. The van der Waals surface area contributed by atoms with Crippen molar-refractivity contribution in [2.45, 2.75) is 4.90 Å². The average molecular weight is 348 g/mol. The quantitative estimate of drug-likeness (QED) is 0.736. The van der Waals surface area contributed by atoms with E-state index >= 15 is 0 Å². The van der Waals surface area contributed by atoms with Gasteiger partial charge in [0.1, 0.15) is 11.6 Å². The van der Waals surface area contributed by atoms with Crippen molar-refractivity contribution in [1.82, 2.24) is 19.3 Å². The summed E-state index contributed by atoms with van der Waals surface area (Å²) in [6.07, 6.45) is 0. The molecule has 0 radical (unpaired) electrons. The van der Waals surface area contributed by atoms with Gasteiger partial charge in [0.25, 0.3) is 0 Å². The first-order valence-electron chi connectivity index (χ1n) is 7.03. The molecular weight excluding hydrogens is 332 g/mol. The number of hydrogen-bond acceptors (Lipinski definition) is 5. The predicted octanol–water partition coefficient (Wildman–Crippen LogP) is 1.18. The number of sulfonamides is 1. The molecule has 126 valence electrons. The van der Waals surface area contributed by atoms with Crippen molar-refractivity contribution >= 4 is 21.2 Å². The molecule has 9 heteroatoms. The number of pyridine rings is 1. The topological polar surface area (TPSA) is 108 Å². The fourth-order valence-corrected chi connectivity index (χ4v) is 3.20. The summed E-state index contributed by atoms with van der Waals surface area (Å²) in [6, 6.07) is 7.57. The van der Waals surface area contributed by atoms with Gasteiger partial charge in [0, 0.05) is 26.2 Å². The van der Waals surface area contributed by atoms with Crippen LogP contribution in [-0.2, 0) is 10.0 Å². The number of methoxy groups -OCH3 is 1. The second kappa shape index (κ2) is 5.77. The minimum Gasteiger partial charge on any atom is -0.496 e. The van der Waals surface area contributed by atoms with Crippen molar-refractivity contribution in [3.05, 3.63) is 40.7 Å². The van der Waals surface area contributed by atoms with E-state index in [1.807, 2.05) is 0 Å². The number of H-pyrrole nitrogens is 2. The van der Waals surface area contributed by atoms with Crippen LogP contribution in [0, 0.1) is 0 Å². The molecule has 0 spiro atoms. The Morgan fingerprint density at radius 1 is 1.12 bits per heavy atom. The minimum absolute atomic E-state index is 0.123. The number of imidazole rings is 1. The van der Waals surface area contributed by atoms with Crippen molar-refractivity contribution in [3.63, 3.8) is 0 Å². The zero-order valence-electron chi connectivity index (χ0n) is 13.3. The van der Waals surface area contributed by atoms with E-state index in [1.165, 1.54) is 39.4 Å². The number of hydrogen-bond donors (Lipinski definition) is 2. The Morgan fingerprint density at radius 2 is 1.88 bits per heavy atom. The summed E-state index contributed by atoms with van der Waals surface area (Å²) in [6.45, 7) is 0. The van der Waals surface area contributed by atoms with E-state index < -0.39 is 10.0 Å². The van der Waals surface area contributed by atoms with E-state index in [2.05, 4.69) is 15.0 Å². The molecule has 0 saturated carbocycles. The Balaban J connectivity index is 2.15. The van der Waals surface area contributed by atoms with Gasteiger partial charge < -0.3 is 14.7 Å². The van der Waals surface area contributed by atoms with E-state index in [9.17, 15) is 13.2 Å². The summed E-state index contributed by atoms with van der Waals surface area (Å²) >= 11 is 0. The van der Waals surface area contributed by atoms with Gasteiger partial charge in [0.2, 0.25) is 15.6 Å². The number of nitrogens with one attached hydrogen (secondary N) is 2. The first kappa shape index (κ1) is 16.2. The van der Waals surface area contributed by atoms with Crippen LogP contribution in [0.2, 0.25) is 0 Å². The Hall–Kier alpha value is -2.65. The van der Waals surface area contributed by atoms with Crippen LogP contribution >= 0.6 is 0 Å². The van der Waals surface area contributed by atoms with Gasteiger partial charge in [-0.3, -0.25) is 4.79 Å². The number of fused-ring (bicyclic) bond motifs is 1. The van der Waals surface area contributed by atoms with Crippen LogP contribution in [0.5, 0.6) is 5.75 Å². The number of aromatic nitrogens is 3. The Morgan fingerprint density at radius 3 is 2.54 bits per heavy atom. The monoisotopic (exact) mass is 348 g/mol. The second-order valence-corrected chi connectivity index (χ2v) is 7.47. The van der Waals surface area contributed by atoms with Gasteiger partial charge in [-0.05, 0) is 18.2 Å². The standard InChI is InChI=1S/C15H16N4O4S/c1-19(2)24(21,22)9-4-5-10(12(8-9)23-3)14-16-11-6-7-13(20)17-15(11)18-14/h4-8H,1-3H3,(H2,16,17,18,20). The molecule has 2 heterocycles.